The van der Waals surface area contributed by atoms with Crippen LogP contribution in [-0.2, 0) is 0 Å². The summed E-state index contributed by atoms with van der Waals surface area (Å²) in [6.45, 7) is 2.19. The molecule has 0 heterocycles. The Balaban J connectivity index is 2.36. The molecule has 9 heavy (non-hydrogen) atoms. The van der Waals surface area contributed by atoms with Crippen LogP contribution >= 0.6 is 0 Å². The van der Waals surface area contributed by atoms with E-state index in [1.807, 2.05) is 0 Å². The van der Waals surface area contributed by atoms with Crippen molar-refractivity contribution in [1.82, 2.24) is 0 Å². The van der Waals surface area contributed by atoms with Crippen LogP contribution < -0.4 is 5.73 Å². The zero-order valence-electron chi connectivity index (χ0n) is 6.06. The molecule has 52 valence electrons. The second-order valence-corrected chi connectivity index (χ2v) is 2.99. The largest absolute Gasteiger partial charge is 0.325 e. The molecule has 0 aromatic carbocycles. The summed E-state index contributed by atoms with van der Waals surface area (Å²) in [6.07, 6.45) is 8.92. The molecule has 0 fully saturated rings. The minimum atomic E-state index is 0.134. The van der Waals surface area contributed by atoms with Gasteiger partial charge in [0.2, 0.25) is 0 Å². The molecule has 0 saturated heterocycles. The molecule has 1 nitrogen and oxygen atoms in total. The van der Waals surface area contributed by atoms with Crippen LogP contribution in [0.1, 0.15) is 32.6 Å². The zero-order chi connectivity index (χ0) is 6.74. The van der Waals surface area contributed by atoms with Gasteiger partial charge in [-0.1, -0.05) is 25.5 Å². The first-order valence-electron chi connectivity index (χ1n) is 3.71. The van der Waals surface area contributed by atoms with E-state index in [4.69, 9.17) is 5.73 Å². The minimum absolute atomic E-state index is 0.134. The predicted octanol–water partition coefficient (Wildman–Crippen LogP) is 1.83. The Labute approximate surface area is 56.9 Å². The monoisotopic (exact) mass is 125 g/mol. The molecule has 1 heteroatoms. The topological polar surface area (TPSA) is 26.0 Å². The lowest BCUT2D eigenvalue weighted by Crippen LogP contribution is -2.36. The summed E-state index contributed by atoms with van der Waals surface area (Å²) in [6, 6.07) is 0. The summed E-state index contributed by atoms with van der Waals surface area (Å²) in [5, 5.41) is 0. The molecule has 0 amide bonds. The number of rotatable bonds is 2. The Morgan fingerprint density at radius 1 is 1.44 bits per heavy atom. The summed E-state index contributed by atoms with van der Waals surface area (Å²) in [4.78, 5) is 0. The summed E-state index contributed by atoms with van der Waals surface area (Å²) >= 11 is 0. The summed E-state index contributed by atoms with van der Waals surface area (Å²) in [7, 11) is 0. The molecule has 0 spiro atoms. The standard InChI is InChI=1S/C8H15N/c1-2-5-8(9)6-3-4-7-8/h3-4H,2,5-7,9H2,1H3. The zero-order valence-corrected chi connectivity index (χ0v) is 6.06. The molecule has 1 aliphatic carbocycles. The third kappa shape index (κ3) is 1.55. The van der Waals surface area contributed by atoms with E-state index in [2.05, 4.69) is 19.1 Å². The third-order valence-electron chi connectivity index (χ3n) is 1.96. The lowest BCUT2D eigenvalue weighted by molar-refractivity contribution is 0.415. The van der Waals surface area contributed by atoms with E-state index < -0.39 is 0 Å². The van der Waals surface area contributed by atoms with Crippen LogP contribution in [0.4, 0.5) is 0 Å². The quantitative estimate of drug-likeness (QED) is 0.560. The minimum Gasteiger partial charge on any atom is -0.325 e. The fourth-order valence-electron chi connectivity index (χ4n) is 1.42. The molecule has 0 aliphatic heterocycles. The highest BCUT2D eigenvalue weighted by molar-refractivity contribution is 5.06. The van der Waals surface area contributed by atoms with Crippen LogP contribution in [0.3, 0.4) is 0 Å². The molecule has 0 unspecified atom stereocenters. The van der Waals surface area contributed by atoms with Gasteiger partial charge in [-0.25, -0.2) is 0 Å². The van der Waals surface area contributed by atoms with E-state index in [0.717, 1.165) is 12.8 Å². The van der Waals surface area contributed by atoms with Crippen molar-refractivity contribution in [3.8, 4) is 0 Å². The normalized spacial score (nSPS) is 22.9. The summed E-state index contributed by atoms with van der Waals surface area (Å²) in [5.74, 6) is 0. The van der Waals surface area contributed by atoms with E-state index in [9.17, 15) is 0 Å². The van der Waals surface area contributed by atoms with Crippen molar-refractivity contribution >= 4 is 0 Å². The van der Waals surface area contributed by atoms with Crippen molar-refractivity contribution in [2.24, 2.45) is 5.73 Å². The fraction of sp³-hybridized carbons (Fsp3) is 0.750. The Bertz CT molecular complexity index is 108. The van der Waals surface area contributed by atoms with E-state index in [1.54, 1.807) is 0 Å². The van der Waals surface area contributed by atoms with Gasteiger partial charge in [-0.3, -0.25) is 0 Å². The van der Waals surface area contributed by atoms with E-state index in [0.29, 0.717) is 0 Å². The van der Waals surface area contributed by atoms with Crippen LogP contribution in [0, 0.1) is 0 Å². The maximum Gasteiger partial charge on any atom is 0.0223 e. The first kappa shape index (κ1) is 6.81. The van der Waals surface area contributed by atoms with Crippen molar-refractivity contribution in [3.05, 3.63) is 12.2 Å². The third-order valence-corrected chi connectivity index (χ3v) is 1.96. The molecule has 0 bridgehead atoms. The van der Waals surface area contributed by atoms with Crippen LogP contribution in [0.15, 0.2) is 12.2 Å². The molecular formula is C8H15N. The molecule has 0 atom stereocenters. The van der Waals surface area contributed by atoms with Crippen LogP contribution in [0.5, 0.6) is 0 Å². The van der Waals surface area contributed by atoms with Gasteiger partial charge >= 0.3 is 0 Å². The van der Waals surface area contributed by atoms with E-state index in [-0.39, 0.29) is 5.54 Å². The van der Waals surface area contributed by atoms with Gasteiger partial charge in [-0.15, -0.1) is 0 Å². The first-order valence-corrected chi connectivity index (χ1v) is 3.71. The Morgan fingerprint density at radius 2 is 2.00 bits per heavy atom. The lowest BCUT2D eigenvalue weighted by Gasteiger charge is -2.22. The smallest absolute Gasteiger partial charge is 0.0223 e. The average molecular weight is 125 g/mol. The van der Waals surface area contributed by atoms with Gasteiger partial charge in [0.25, 0.3) is 0 Å². The van der Waals surface area contributed by atoms with Gasteiger partial charge in [0, 0.05) is 5.54 Å². The van der Waals surface area contributed by atoms with Gasteiger partial charge in [0.15, 0.2) is 0 Å². The van der Waals surface area contributed by atoms with Crippen molar-refractivity contribution in [1.29, 1.82) is 0 Å². The molecule has 1 aliphatic rings. The second-order valence-electron chi connectivity index (χ2n) is 2.99. The molecule has 0 aromatic rings. The van der Waals surface area contributed by atoms with Gasteiger partial charge < -0.3 is 5.73 Å². The first-order chi connectivity index (χ1) is 4.27. The van der Waals surface area contributed by atoms with Crippen molar-refractivity contribution in [2.75, 3.05) is 0 Å². The molecule has 0 saturated carbocycles. The molecule has 1 rings (SSSR count). The van der Waals surface area contributed by atoms with Crippen molar-refractivity contribution in [3.63, 3.8) is 0 Å². The Kier molecular flexibility index (Phi) is 1.91. The van der Waals surface area contributed by atoms with Gasteiger partial charge in [0.1, 0.15) is 0 Å². The highest BCUT2D eigenvalue weighted by atomic mass is 14.7. The number of hydrogen-bond donors (Lipinski definition) is 1. The SMILES string of the molecule is CCCC1(N)CC=CC1. The van der Waals surface area contributed by atoms with E-state index in [1.165, 1.54) is 12.8 Å². The number of nitrogens with two attached hydrogens (primary N) is 1. The van der Waals surface area contributed by atoms with Gasteiger partial charge in [0.05, 0.1) is 0 Å². The maximum atomic E-state index is 6.01. The van der Waals surface area contributed by atoms with Crippen LogP contribution in [-0.4, -0.2) is 5.54 Å². The number of hydrogen-bond acceptors (Lipinski definition) is 1. The molecule has 0 aromatic heterocycles. The highest BCUT2D eigenvalue weighted by Gasteiger charge is 2.23. The van der Waals surface area contributed by atoms with Gasteiger partial charge in [-0.05, 0) is 19.3 Å². The Morgan fingerprint density at radius 3 is 2.44 bits per heavy atom. The second kappa shape index (κ2) is 2.53. The lowest BCUT2D eigenvalue weighted by atomic mass is 9.93. The van der Waals surface area contributed by atoms with Gasteiger partial charge in [-0.2, -0.15) is 0 Å². The maximum absolute atomic E-state index is 6.01. The van der Waals surface area contributed by atoms with E-state index >= 15 is 0 Å². The molecule has 0 radical (unpaired) electrons. The van der Waals surface area contributed by atoms with Crippen molar-refractivity contribution < 1.29 is 0 Å². The predicted molar refractivity (Wildman–Crippen MR) is 40.2 cm³/mol. The fourth-order valence-corrected chi connectivity index (χ4v) is 1.42. The summed E-state index contributed by atoms with van der Waals surface area (Å²) in [5.41, 5.74) is 6.14. The summed E-state index contributed by atoms with van der Waals surface area (Å²) < 4.78 is 0. The Hall–Kier alpha value is -0.300. The van der Waals surface area contributed by atoms with Crippen LogP contribution in [0.25, 0.3) is 0 Å². The molecular weight excluding hydrogens is 110 g/mol. The van der Waals surface area contributed by atoms with Crippen LogP contribution in [0.2, 0.25) is 0 Å². The average Bonchev–Trinajstić information content (AvgIpc) is 2.16. The highest BCUT2D eigenvalue weighted by Crippen LogP contribution is 2.24. The van der Waals surface area contributed by atoms with Crippen molar-refractivity contribution in [2.45, 2.75) is 38.1 Å². The molecule has 2 N–H and O–H groups in total.